The first-order chi connectivity index (χ1) is 21.1. The molecule has 13 heteroatoms. The molecule has 0 spiro atoms. The fraction of sp³-hybridized carbons (Fsp3) is 0.355. The van der Waals surface area contributed by atoms with Gasteiger partial charge in [0.1, 0.15) is 49.1 Å². The van der Waals surface area contributed by atoms with E-state index in [0.717, 1.165) is 0 Å². The van der Waals surface area contributed by atoms with Crippen LogP contribution >= 0.6 is 0 Å². The second kappa shape index (κ2) is 13.7. The Morgan fingerprint density at radius 2 is 1.39 bits per heavy atom. The Balaban J connectivity index is 1.27. The number of aliphatic hydroxyl groups excluding tert-OH is 3. The highest BCUT2D eigenvalue weighted by molar-refractivity contribution is 5.89. The van der Waals surface area contributed by atoms with Gasteiger partial charge in [-0.2, -0.15) is 0 Å². The van der Waals surface area contributed by atoms with Gasteiger partial charge in [0, 0.05) is 0 Å². The van der Waals surface area contributed by atoms with Crippen molar-refractivity contribution in [2.24, 2.45) is 0 Å². The molecule has 2 saturated heterocycles. The molecule has 3 aromatic carbocycles. The van der Waals surface area contributed by atoms with E-state index in [1.165, 1.54) is 36.4 Å². The molecule has 13 nitrogen and oxygen atoms in total. The first-order valence-corrected chi connectivity index (χ1v) is 13.7. The van der Waals surface area contributed by atoms with Crippen LogP contribution in [0.15, 0.2) is 84.9 Å². The predicted molar refractivity (Wildman–Crippen MR) is 148 cm³/mol. The van der Waals surface area contributed by atoms with Crippen LogP contribution in [0.25, 0.3) is 0 Å². The van der Waals surface area contributed by atoms with Gasteiger partial charge in [-0.3, -0.25) is 0 Å². The van der Waals surface area contributed by atoms with Crippen molar-refractivity contribution in [2.75, 3.05) is 19.8 Å². The summed E-state index contributed by atoms with van der Waals surface area (Å²) >= 11 is 0. The highest BCUT2D eigenvalue weighted by Gasteiger charge is 2.54. The van der Waals surface area contributed by atoms with Crippen molar-refractivity contribution in [3.63, 3.8) is 0 Å². The number of carbonyl (C=O) groups excluding carboxylic acids is 2. The number of phenols is 1. The molecule has 0 aliphatic carbocycles. The molecule has 44 heavy (non-hydrogen) atoms. The highest BCUT2D eigenvalue weighted by atomic mass is 16.8. The number of phenolic OH excluding ortho intramolecular Hbond substituents is 1. The lowest BCUT2D eigenvalue weighted by Gasteiger charge is -2.42. The molecule has 234 valence electrons. The van der Waals surface area contributed by atoms with Crippen LogP contribution in [0.5, 0.6) is 11.5 Å². The van der Waals surface area contributed by atoms with Crippen LogP contribution < -0.4 is 4.74 Å². The number of benzene rings is 3. The van der Waals surface area contributed by atoms with Crippen LogP contribution in [0, 0.1) is 0 Å². The van der Waals surface area contributed by atoms with Crippen LogP contribution in [0.1, 0.15) is 20.7 Å². The van der Waals surface area contributed by atoms with Gasteiger partial charge in [-0.05, 0) is 48.5 Å². The van der Waals surface area contributed by atoms with Gasteiger partial charge >= 0.3 is 11.9 Å². The van der Waals surface area contributed by atoms with Gasteiger partial charge in [0.25, 0.3) is 0 Å². The Labute approximate surface area is 251 Å². The summed E-state index contributed by atoms with van der Waals surface area (Å²) in [7, 11) is 0. The van der Waals surface area contributed by atoms with E-state index in [1.807, 2.05) is 0 Å². The summed E-state index contributed by atoms with van der Waals surface area (Å²) in [6, 6.07) is 21.7. The molecule has 0 unspecified atom stereocenters. The third kappa shape index (κ3) is 7.17. The van der Waals surface area contributed by atoms with E-state index in [1.54, 1.807) is 48.5 Å². The number of ether oxygens (including phenoxy) is 6. The number of hydrogen-bond donors (Lipinski definition) is 5. The SMILES string of the molecule is O=C(OC[C@H]1O[C@@H](Oc2ccc(O)cc2)[C@H](O[C@@H]2OC[C@](O)(COC(=O)c3ccccc3)[C@H]2O)[C@@H](O)[C@@H]1O)c1ccccc1. The third-order valence-electron chi connectivity index (χ3n) is 7.18. The van der Waals surface area contributed by atoms with Crippen LogP contribution in [-0.2, 0) is 23.7 Å². The number of carbonyl (C=O) groups is 2. The molecular formula is C31H32O13. The lowest BCUT2D eigenvalue weighted by molar-refractivity contribution is -0.318. The minimum atomic E-state index is -2.06. The maximum absolute atomic E-state index is 12.4. The number of aliphatic hydroxyl groups is 4. The molecule has 3 aromatic rings. The van der Waals surface area contributed by atoms with E-state index in [4.69, 9.17) is 28.4 Å². The van der Waals surface area contributed by atoms with Gasteiger partial charge < -0.3 is 54.0 Å². The zero-order valence-electron chi connectivity index (χ0n) is 23.2. The number of aromatic hydroxyl groups is 1. The average molecular weight is 613 g/mol. The molecule has 0 saturated carbocycles. The quantitative estimate of drug-likeness (QED) is 0.202. The molecule has 0 aromatic heterocycles. The molecule has 0 amide bonds. The van der Waals surface area contributed by atoms with E-state index in [2.05, 4.69) is 0 Å². The largest absolute Gasteiger partial charge is 0.508 e. The molecule has 5 rings (SSSR count). The van der Waals surface area contributed by atoms with Crippen LogP contribution in [-0.4, -0.2) is 106 Å². The maximum atomic E-state index is 12.4. The minimum Gasteiger partial charge on any atom is -0.508 e. The topological polar surface area (TPSA) is 191 Å². The summed E-state index contributed by atoms with van der Waals surface area (Å²) in [5, 5.41) is 53.4. The van der Waals surface area contributed by atoms with Crippen molar-refractivity contribution in [2.45, 2.75) is 48.7 Å². The summed E-state index contributed by atoms with van der Waals surface area (Å²) in [4.78, 5) is 24.8. The fourth-order valence-corrected chi connectivity index (χ4v) is 4.66. The molecule has 2 aliphatic heterocycles. The van der Waals surface area contributed by atoms with Crippen molar-refractivity contribution >= 4 is 11.9 Å². The summed E-state index contributed by atoms with van der Waals surface area (Å²) in [6.45, 7) is -1.58. The van der Waals surface area contributed by atoms with E-state index in [9.17, 15) is 35.1 Å². The monoisotopic (exact) mass is 612 g/mol. The molecule has 0 bridgehead atoms. The van der Waals surface area contributed by atoms with Gasteiger partial charge in [0.2, 0.25) is 6.29 Å². The van der Waals surface area contributed by atoms with Crippen molar-refractivity contribution in [3.05, 3.63) is 96.1 Å². The first kappa shape index (κ1) is 31.3. The van der Waals surface area contributed by atoms with Gasteiger partial charge in [-0.15, -0.1) is 0 Å². The smallest absolute Gasteiger partial charge is 0.338 e. The zero-order chi connectivity index (χ0) is 31.3. The van der Waals surface area contributed by atoms with Crippen LogP contribution in [0.2, 0.25) is 0 Å². The second-order valence-electron chi connectivity index (χ2n) is 10.4. The minimum absolute atomic E-state index is 0.0365. The normalized spacial score (nSPS) is 30.0. The van der Waals surface area contributed by atoms with Gasteiger partial charge in [0.05, 0.1) is 17.7 Å². The van der Waals surface area contributed by atoms with E-state index < -0.39 is 80.5 Å². The van der Waals surface area contributed by atoms with Crippen LogP contribution in [0.4, 0.5) is 0 Å². The molecule has 2 aliphatic rings. The van der Waals surface area contributed by atoms with Gasteiger partial charge in [-0.25, -0.2) is 9.59 Å². The standard InChI is InChI=1S/C31H32O13/c32-20-11-13-21(14-12-20)42-29-25(24(34)23(33)22(43-29)15-39-27(36)18-7-3-1-4-8-18)44-30-26(35)31(38,17-41-30)16-40-28(37)19-9-5-2-6-10-19/h1-14,22-26,29-30,32-35,38H,15-17H2/t22-,23-,24+,25-,26+,29-,30+,31-/m1/s1. The number of rotatable bonds is 10. The van der Waals surface area contributed by atoms with Crippen molar-refractivity contribution < 1.29 is 63.5 Å². The Morgan fingerprint density at radius 1 is 0.795 bits per heavy atom. The second-order valence-corrected chi connectivity index (χ2v) is 10.4. The number of hydrogen-bond acceptors (Lipinski definition) is 13. The predicted octanol–water partition coefficient (Wildman–Crippen LogP) is 0.765. The summed E-state index contributed by atoms with van der Waals surface area (Å²) < 4.78 is 33.4. The molecule has 2 heterocycles. The molecule has 0 radical (unpaired) electrons. The summed E-state index contributed by atoms with van der Waals surface area (Å²) in [5.74, 6) is -1.26. The van der Waals surface area contributed by atoms with Gasteiger partial charge in [0.15, 0.2) is 18.0 Å². The maximum Gasteiger partial charge on any atom is 0.338 e. The van der Waals surface area contributed by atoms with Crippen LogP contribution in [0.3, 0.4) is 0 Å². The van der Waals surface area contributed by atoms with Gasteiger partial charge in [-0.1, -0.05) is 36.4 Å². The molecular weight excluding hydrogens is 580 g/mol. The van der Waals surface area contributed by atoms with E-state index in [0.29, 0.717) is 0 Å². The lowest BCUT2D eigenvalue weighted by Crippen LogP contribution is -2.62. The Morgan fingerprint density at radius 3 is 2.00 bits per heavy atom. The third-order valence-corrected chi connectivity index (χ3v) is 7.18. The first-order valence-electron chi connectivity index (χ1n) is 13.7. The van der Waals surface area contributed by atoms with Crippen molar-refractivity contribution in [1.29, 1.82) is 0 Å². The lowest BCUT2D eigenvalue weighted by atomic mass is 9.98. The Bertz CT molecular complexity index is 1390. The Hall–Kier alpha value is -4.08. The van der Waals surface area contributed by atoms with E-state index >= 15 is 0 Å². The Kier molecular flexibility index (Phi) is 9.76. The fourth-order valence-electron chi connectivity index (χ4n) is 4.66. The summed E-state index contributed by atoms with van der Waals surface area (Å²) in [5.41, 5.74) is -1.55. The van der Waals surface area contributed by atoms with Crippen molar-refractivity contribution in [1.82, 2.24) is 0 Å². The van der Waals surface area contributed by atoms with E-state index in [-0.39, 0.29) is 22.6 Å². The van der Waals surface area contributed by atoms with Crippen molar-refractivity contribution in [3.8, 4) is 11.5 Å². The average Bonchev–Trinajstić information content (AvgIpc) is 3.33. The summed E-state index contributed by atoms with van der Waals surface area (Å²) in [6.07, 6.45) is -10.9. The zero-order valence-corrected chi connectivity index (χ0v) is 23.2. The molecule has 2 fully saturated rings. The highest BCUT2D eigenvalue weighted by Crippen LogP contribution is 2.33. The number of esters is 2. The molecule has 5 N–H and O–H groups in total. The molecule has 8 atom stereocenters.